The molecule has 0 radical (unpaired) electrons. The minimum absolute atomic E-state index is 0.217. The smallest absolute Gasteiger partial charge is 0.257 e. The van der Waals surface area contributed by atoms with Crippen molar-refractivity contribution in [1.82, 2.24) is 25.2 Å². The Morgan fingerprint density at radius 3 is 2.94 bits per heavy atom. The van der Waals surface area contributed by atoms with Crippen molar-refractivity contribution in [3.63, 3.8) is 0 Å². The van der Waals surface area contributed by atoms with Crippen LogP contribution in [0.3, 0.4) is 0 Å². The Morgan fingerprint density at radius 2 is 2.28 bits per heavy atom. The van der Waals surface area contributed by atoms with Gasteiger partial charge in [0.1, 0.15) is 23.4 Å². The Hall–Kier alpha value is -3.27. The van der Waals surface area contributed by atoms with Gasteiger partial charge in [0.25, 0.3) is 5.91 Å². The number of alkyl halides is 1. The predicted molar refractivity (Wildman–Crippen MR) is 121 cm³/mol. The number of allylic oxidation sites excluding steroid dienone is 1. The van der Waals surface area contributed by atoms with Crippen LogP contribution in [-0.4, -0.2) is 58.8 Å². The van der Waals surface area contributed by atoms with Gasteiger partial charge in [-0.2, -0.15) is 9.61 Å². The third kappa shape index (κ3) is 4.80. The predicted octanol–water partition coefficient (Wildman–Crippen LogP) is 2.75. The topological polar surface area (TPSA) is 105 Å². The summed E-state index contributed by atoms with van der Waals surface area (Å²) in [7, 11) is 1.75. The first-order valence-electron chi connectivity index (χ1n) is 10.8. The molecule has 0 bridgehead atoms. The summed E-state index contributed by atoms with van der Waals surface area (Å²) >= 11 is 0. The van der Waals surface area contributed by atoms with Gasteiger partial charge in [-0.3, -0.25) is 4.79 Å². The third-order valence-corrected chi connectivity index (χ3v) is 5.49. The molecule has 0 unspecified atom stereocenters. The second-order valence-corrected chi connectivity index (χ2v) is 7.94. The van der Waals surface area contributed by atoms with Crippen LogP contribution in [0.15, 0.2) is 41.7 Å². The average Bonchev–Trinajstić information content (AvgIpc) is 3.31. The molecule has 2 fully saturated rings. The molecule has 3 heterocycles. The van der Waals surface area contributed by atoms with E-state index in [0.717, 1.165) is 25.1 Å². The van der Waals surface area contributed by atoms with Crippen LogP contribution in [0.25, 0.3) is 5.65 Å². The molecule has 1 saturated heterocycles. The van der Waals surface area contributed by atoms with E-state index in [0.29, 0.717) is 36.1 Å². The molecule has 3 atom stereocenters. The Bertz CT molecular complexity index is 1070. The quantitative estimate of drug-likeness (QED) is 0.451. The third-order valence-electron chi connectivity index (χ3n) is 5.49. The molecule has 32 heavy (non-hydrogen) atoms. The number of rotatable bonds is 7. The van der Waals surface area contributed by atoms with E-state index in [1.54, 1.807) is 13.1 Å². The van der Waals surface area contributed by atoms with Crippen LogP contribution >= 0.6 is 0 Å². The van der Waals surface area contributed by atoms with Crippen molar-refractivity contribution in [3.05, 3.63) is 42.3 Å². The summed E-state index contributed by atoms with van der Waals surface area (Å²) in [5.41, 5.74) is 1.44. The van der Waals surface area contributed by atoms with E-state index in [-0.39, 0.29) is 11.5 Å². The van der Waals surface area contributed by atoms with Crippen LogP contribution in [0.5, 0.6) is 0 Å². The van der Waals surface area contributed by atoms with Crippen molar-refractivity contribution in [2.24, 2.45) is 10.9 Å². The SMILES string of the molecule is C=C(NC(/C=C\C)=Nc1cc(NC)n2ncc(C(=O)N[C@H]3C[C@H]3F)c2n1)[C@H]1CCCOC1. The first-order chi connectivity index (χ1) is 15.5. The molecule has 0 aromatic carbocycles. The number of halogens is 1. The molecule has 1 aliphatic carbocycles. The van der Waals surface area contributed by atoms with E-state index in [4.69, 9.17) is 4.74 Å². The second kappa shape index (κ2) is 9.47. The molecule has 2 aromatic heterocycles. The van der Waals surface area contributed by atoms with E-state index in [2.05, 4.69) is 37.6 Å². The fourth-order valence-corrected chi connectivity index (χ4v) is 3.58. The van der Waals surface area contributed by atoms with Gasteiger partial charge in [-0.05, 0) is 25.8 Å². The number of nitrogens with zero attached hydrogens (tertiary/aromatic N) is 4. The first kappa shape index (κ1) is 21.9. The van der Waals surface area contributed by atoms with Crippen LogP contribution in [0, 0.1) is 5.92 Å². The largest absolute Gasteiger partial charge is 0.381 e. The van der Waals surface area contributed by atoms with Crippen molar-refractivity contribution < 1.29 is 13.9 Å². The number of aromatic nitrogens is 3. The number of fused-ring (bicyclic) bond motifs is 1. The van der Waals surface area contributed by atoms with Crippen LogP contribution in [-0.2, 0) is 4.74 Å². The zero-order valence-corrected chi connectivity index (χ0v) is 18.3. The highest BCUT2D eigenvalue weighted by Gasteiger charge is 2.39. The highest BCUT2D eigenvalue weighted by Crippen LogP contribution is 2.26. The molecular formula is C22H28FN7O2. The van der Waals surface area contributed by atoms with Gasteiger partial charge in [-0.25, -0.2) is 14.4 Å². The van der Waals surface area contributed by atoms with Crippen LogP contribution in [0.4, 0.5) is 16.0 Å². The Morgan fingerprint density at radius 1 is 1.47 bits per heavy atom. The van der Waals surface area contributed by atoms with Gasteiger partial charge in [0.2, 0.25) is 0 Å². The monoisotopic (exact) mass is 441 g/mol. The summed E-state index contributed by atoms with van der Waals surface area (Å²) in [6.45, 7) is 7.47. The zero-order valence-electron chi connectivity index (χ0n) is 18.3. The van der Waals surface area contributed by atoms with Crippen molar-refractivity contribution in [3.8, 4) is 0 Å². The van der Waals surface area contributed by atoms with Gasteiger partial charge in [0.05, 0.1) is 18.8 Å². The molecule has 1 amide bonds. The fourth-order valence-electron chi connectivity index (χ4n) is 3.58. The van der Waals surface area contributed by atoms with Crippen molar-refractivity contribution in [2.75, 3.05) is 25.6 Å². The molecule has 3 N–H and O–H groups in total. The molecule has 4 rings (SSSR count). The van der Waals surface area contributed by atoms with E-state index in [9.17, 15) is 9.18 Å². The lowest BCUT2D eigenvalue weighted by Gasteiger charge is -2.24. The van der Waals surface area contributed by atoms with E-state index < -0.39 is 18.1 Å². The highest BCUT2D eigenvalue weighted by atomic mass is 19.1. The number of amidine groups is 1. The lowest BCUT2D eigenvalue weighted by Crippen LogP contribution is -2.29. The number of carbonyl (C=O) groups excluding carboxylic acids is 1. The molecule has 1 aliphatic heterocycles. The molecule has 1 saturated carbocycles. The van der Waals surface area contributed by atoms with Gasteiger partial charge in [0.15, 0.2) is 11.5 Å². The van der Waals surface area contributed by atoms with E-state index >= 15 is 0 Å². The zero-order chi connectivity index (χ0) is 22.7. The van der Waals surface area contributed by atoms with Gasteiger partial charge < -0.3 is 20.7 Å². The van der Waals surface area contributed by atoms with Crippen LogP contribution < -0.4 is 16.0 Å². The van der Waals surface area contributed by atoms with Crippen molar-refractivity contribution in [1.29, 1.82) is 0 Å². The van der Waals surface area contributed by atoms with Crippen molar-refractivity contribution >= 4 is 29.0 Å². The number of hydrogen-bond acceptors (Lipinski definition) is 6. The van der Waals surface area contributed by atoms with E-state index in [1.807, 2.05) is 19.1 Å². The van der Waals surface area contributed by atoms with Crippen molar-refractivity contribution in [2.45, 2.75) is 38.4 Å². The summed E-state index contributed by atoms with van der Waals surface area (Å²) in [5, 5.41) is 13.2. The minimum atomic E-state index is -0.987. The minimum Gasteiger partial charge on any atom is -0.381 e. The average molecular weight is 442 g/mol. The number of nitrogens with one attached hydrogen (secondary N) is 3. The van der Waals surface area contributed by atoms with Gasteiger partial charge in [-0.15, -0.1) is 0 Å². The number of carbonyl (C=O) groups is 1. The highest BCUT2D eigenvalue weighted by molar-refractivity contribution is 6.00. The number of aliphatic imine (C=N–C) groups is 1. The first-order valence-corrected chi connectivity index (χ1v) is 10.8. The molecule has 9 nitrogen and oxygen atoms in total. The van der Waals surface area contributed by atoms with Crippen LogP contribution in [0.1, 0.15) is 36.5 Å². The molecule has 170 valence electrons. The summed E-state index contributed by atoms with van der Waals surface area (Å²) in [5.74, 6) is 1.39. The standard InChI is InChI=1S/C22H28FN7O2/c1-4-6-18(26-13(2)14-7-5-8-32-12-14)28-19-10-20(24-3)30-21(29-19)15(11-25-30)22(31)27-17-9-16(17)23/h4,6,10-11,14,16-17,24H,2,5,7-9,12H2,1,3H3,(H,27,31)(H,26,28,29)/b6-4-/t14-,16+,17-/m0/s1. The number of anilines is 1. The normalized spacial score (nSPS) is 23.3. The number of hydrogen-bond donors (Lipinski definition) is 3. The van der Waals surface area contributed by atoms with Gasteiger partial charge >= 0.3 is 0 Å². The Labute approximate surface area is 185 Å². The Kier molecular flexibility index (Phi) is 6.50. The maximum absolute atomic E-state index is 13.2. The Balaban J connectivity index is 1.63. The summed E-state index contributed by atoms with van der Waals surface area (Å²) in [6, 6.07) is 1.29. The summed E-state index contributed by atoms with van der Waals surface area (Å²) in [6.07, 6.45) is 6.49. The lowest BCUT2D eigenvalue weighted by atomic mass is 9.99. The fraction of sp³-hybridized carbons (Fsp3) is 0.455. The van der Waals surface area contributed by atoms with Gasteiger partial charge in [0, 0.05) is 37.8 Å². The van der Waals surface area contributed by atoms with Crippen LogP contribution in [0.2, 0.25) is 0 Å². The molecule has 2 aromatic rings. The molecule has 0 spiro atoms. The maximum atomic E-state index is 13.2. The van der Waals surface area contributed by atoms with Gasteiger partial charge in [-0.1, -0.05) is 12.7 Å². The second-order valence-electron chi connectivity index (χ2n) is 7.94. The van der Waals surface area contributed by atoms with E-state index in [1.165, 1.54) is 10.7 Å². The molecule has 2 aliphatic rings. The summed E-state index contributed by atoms with van der Waals surface area (Å²) in [4.78, 5) is 21.8. The molecule has 10 heteroatoms. The lowest BCUT2D eigenvalue weighted by molar-refractivity contribution is 0.0661. The number of amides is 1. The number of ether oxygens (including phenoxy) is 1. The molecular weight excluding hydrogens is 413 g/mol. The summed E-state index contributed by atoms with van der Waals surface area (Å²) < 4.78 is 20.3. The maximum Gasteiger partial charge on any atom is 0.257 e.